The number of likely N-dealkylation sites (tertiary alicyclic amines) is 1. The summed E-state index contributed by atoms with van der Waals surface area (Å²) in [6.45, 7) is 4.21. The lowest BCUT2D eigenvalue weighted by Gasteiger charge is -2.44. The lowest BCUT2D eigenvalue weighted by Crippen LogP contribution is -2.59. The number of alkyl halides is 5. The van der Waals surface area contributed by atoms with E-state index in [0.29, 0.717) is 26.2 Å². The lowest BCUT2D eigenvalue weighted by atomic mass is 10.00. The Balaban J connectivity index is 1.40. The molecule has 0 amide bonds. The summed E-state index contributed by atoms with van der Waals surface area (Å²) >= 11 is 6.52. The van der Waals surface area contributed by atoms with Gasteiger partial charge in [0.05, 0.1) is 31.5 Å². The second-order valence-corrected chi connectivity index (χ2v) is 8.18. The van der Waals surface area contributed by atoms with Gasteiger partial charge in [0.1, 0.15) is 29.1 Å². The van der Waals surface area contributed by atoms with E-state index in [9.17, 15) is 17.6 Å². The largest absolute Gasteiger partial charge is 0.421 e. The van der Waals surface area contributed by atoms with Gasteiger partial charge >= 0.3 is 6.18 Å². The predicted octanol–water partition coefficient (Wildman–Crippen LogP) is 2.39. The number of aromatic nitrogens is 2. The first-order valence-electron chi connectivity index (χ1n) is 10.1. The predicted molar refractivity (Wildman–Crippen MR) is 108 cm³/mol. The van der Waals surface area contributed by atoms with Gasteiger partial charge in [-0.2, -0.15) is 23.3 Å². The van der Waals surface area contributed by atoms with Gasteiger partial charge in [-0.1, -0.05) is 11.6 Å². The van der Waals surface area contributed by atoms with Crippen LogP contribution in [0.5, 0.6) is 0 Å². The van der Waals surface area contributed by atoms with Crippen LogP contribution in [0.1, 0.15) is 18.9 Å². The monoisotopic (exact) mass is 465 g/mol. The highest BCUT2D eigenvalue weighted by Gasteiger charge is 2.43. The fourth-order valence-corrected chi connectivity index (χ4v) is 4.24. The Morgan fingerprint density at radius 1 is 1.32 bits per heavy atom. The Kier molecular flexibility index (Phi) is 6.40. The maximum Gasteiger partial charge on any atom is 0.421 e. The first-order chi connectivity index (χ1) is 14.8. The number of rotatable bonds is 6. The van der Waals surface area contributed by atoms with Gasteiger partial charge in [0.15, 0.2) is 0 Å². The summed E-state index contributed by atoms with van der Waals surface area (Å²) in [7, 11) is 0. The Morgan fingerprint density at radius 2 is 2.10 bits per heavy atom. The van der Waals surface area contributed by atoms with Crippen LogP contribution >= 0.6 is 11.6 Å². The molecule has 0 saturated carbocycles. The van der Waals surface area contributed by atoms with Gasteiger partial charge in [-0.3, -0.25) is 9.91 Å². The summed E-state index contributed by atoms with van der Waals surface area (Å²) in [5.74, 6) is -0.342. The van der Waals surface area contributed by atoms with Crippen molar-refractivity contribution in [2.45, 2.75) is 49.3 Å². The van der Waals surface area contributed by atoms with Gasteiger partial charge in [0.2, 0.25) is 5.95 Å². The fraction of sp³-hybridized carbons (Fsp3) is 0.722. The van der Waals surface area contributed by atoms with Crippen molar-refractivity contribution in [3.63, 3.8) is 0 Å². The molecular formula is C18H24ClF4N7O. The number of hydrogen-bond acceptors (Lipinski definition) is 8. The maximum atomic E-state index is 14.9. The zero-order chi connectivity index (χ0) is 22.2. The van der Waals surface area contributed by atoms with Crippen LogP contribution in [-0.4, -0.2) is 88.7 Å². The maximum absolute atomic E-state index is 14.9. The van der Waals surface area contributed by atoms with E-state index in [2.05, 4.69) is 30.6 Å². The molecule has 4 atom stereocenters. The Morgan fingerprint density at radius 3 is 2.71 bits per heavy atom. The molecule has 4 rings (SSSR count). The van der Waals surface area contributed by atoms with E-state index in [-0.39, 0.29) is 24.4 Å². The molecule has 0 spiro atoms. The minimum absolute atomic E-state index is 0.0236. The number of hydrazone groups is 1. The van der Waals surface area contributed by atoms with Crippen LogP contribution in [0.15, 0.2) is 11.3 Å². The van der Waals surface area contributed by atoms with Crippen LogP contribution in [0.3, 0.4) is 0 Å². The molecule has 0 aliphatic carbocycles. The highest BCUT2D eigenvalue weighted by atomic mass is 35.5. The van der Waals surface area contributed by atoms with E-state index in [0.717, 1.165) is 12.7 Å². The summed E-state index contributed by atoms with van der Waals surface area (Å²) in [5.41, 5.74) is -1.68. The zero-order valence-corrected chi connectivity index (χ0v) is 17.6. The third-order valence-electron chi connectivity index (χ3n) is 5.66. The number of nitrogens with one attached hydrogen (secondary N) is 2. The molecular weight excluding hydrogens is 442 g/mol. The van der Waals surface area contributed by atoms with Crippen molar-refractivity contribution in [1.82, 2.24) is 19.9 Å². The standard InChI is InChI=1S/C18H24ClF4N7O/c1-2-24-16-11(18(21,22)23)5-25-17(28-16)27-13-6-26-30(15(13)19)14-3-4-29(7-12(14)20)10-8-31-9-10/h5-6,10,12-15H,2-4,7-9H2,1H3,(H2,24,25,27,28). The highest BCUT2D eigenvalue weighted by molar-refractivity contribution is 6.22. The molecule has 13 heteroatoms. The summed E-state index contributed by atoms with van der Waals surface area (Å²) < 4.78 is 59.5. The number of anilines is 2. The molecule has 31 heavy (non-hydrogen) atoms. The molecule has 1 aromatic rings. The van der Waals surface area contributed by atoms with Crippen LogP contribution in [0, 0.1) is 0 Å². The Hall–Kier alpha value is -1.92. The van der Waals surface area contributed by atoms with Crippen LogP contribution in [-0.2, 0) is 10.9 Å². The second kappa shape index (κ2) is 8.91. The molecule has 3 aliphatic heterocycles. The van der Waals surface area contributed by atoms with Gasteiger partial charge in [-0.25, -0.2) is 9.37 Å². The normalized spacial score (nSPS) is 29.8. The van der Waals surface area contributed by atoms with Gasteiger partial charge < -0.3 is 15.4 Å². The molecule has 2 N–H and O–H groups in total. The van der Waals surface area contributed by atoms with E-state index in [1.165, 1.54) is 11.2 Å². The molecule has 0 bridgehead atoms. The highest BCUT2D eigenvalue weighted by Crippen LogP contribution is 2.34. The van der Waals surface area contributed by atoms with Crippen molar-refractivity contribution < 1.29 is 22.3 Å². The minimum atomic E-state index is -4.58. The average molecular weight is 466 g/mol. The first-order valence-corrected chi connectivity index (χ1v) is 10.6. The van der Waals surface area contributed by atoms with Crippen molar-refractivity contribution in [3.05, 3.63) is 11.8 Å². The van der Waals surface area contributed by atoms with Crippen molar-refractivity contribution >= 4 is 29.6 Å². The smallest absolute Gasteiger partial charge is 0.378 e. The van der Waals surface area contributed by atoms with E-state index < -0.39 is 35.5 Å². The van der Waals surface area contributed by atoms with E-state index >= 15 is 0 Å². The molecule has 4 heterocycles. The molecule has 1 aromatic heterocycles. The molecule has 2 saturated heterocycles. The molecule has 8 nitrogen and oxygen atoms in total. The Labute approximate surface area is 182 Å². The van der Waals surface area contributed by atoms with Crippen molar-refractivity contribution in [2.75, 3.05) is 43.5 Å². The number of hydrogen-bond donors (Lipinski definition) is 2. The molecule has 172 valence electrons. The third kappa shape index (κ3) is 4.65. The Bertz CT molecular complexity index is 810. The minimum Gasteiger partial charge on any atom is -0.378 e. The van der Waals surface area contributed by atoms with E-state index in [1.807, 2.05) is 0 Å². The van der Waals surface area contributed by atoms with E-state index in [4.69, 9.17) is 16.3 Å². The molecule has 3 aliphatic rings. The lowest BCUT2D eigenvalue weighted by molar-refractivity contribution is -0.137. The SMILES string of the molecule is CCNc1nc(NC2C=NN(C3CCN(C4COC4)CC3F)C2Cl)ncc1C(F)(F)F. The average Bonchev–Trinajstić information content (AvgIpc) is 3.00. The van der Waals surface area contributed by atoms with Crippen molar-refractivity contribution in [3.8, 4) is 0 Å². The topological polar surface area (TPSA) is 77.9 Å². The van der Waals surface area contributed by atoms with Gasteiger partial charge in [-0.15, -0.1) is 0 Å². The van der Waals surface area contributed by atoms with Crippen molar-refractivity contribution in [1.29, 1.82) is 0 Å². The van der Waals surface area contributed by atoms with Gasteiger partial charge in [0.25, 0.3) is 0 Å². The second-order valence-electron chi connectivity index (χ2n) is 7.73. The van der Waals surface area contributed by atoms with Crippen LogP contribution in [0.2, 0.25) is 0 Å². The summed E-state index contributed by atoms with van der Waals surface area (Å²) in [4.78, 5) is 9.79. The zero-order valence-electron chi connectivity index (χ0n) is 16.8. The number of ether oxygens (including phenoxy) is 1. The van der Waals surface area contributed by atoms with Gasteiger partial charge in [0, 0.05) is 25.8 Å². The van der Waals surface area contributed by atoms with Gasteiger partial charge in [-0.05, 0) is 13.3 Å². The molecule has 2 fully saturated rings. The quantitative estimate of drug-likeness (QED) is 0.379. The number of nitrogens with zero attached hydrogens (tertiary/aromatic N) is 5. The third-order valence-corrected chi connectivity index (χ3v) is 6.13. The van der Waals surface area contributed by atoms with Crippen LogP contribution in [0.25, 0.3) is 0 Å². The van der Waals surface area contributed by atoms with E-state index in [1.54, 1.807) is 6.92 Å². The first kappa shape index (κ1) is 22.3. The van der Waals surface area contributed by atoms with Crippen LogP contribution < -0.4 is 10.6 Å². The molecule has 0 radical (unpaired) electrons. The van der Waals surface area contributed by atoms with Crippen LogP contribution in [0.4, 0.5) is 29.3 Å². The summed E-state index contributed by atoms with van der Waals surface area (Å²) in [6.07, 6.45) is -2.92. The number of halogens is 5. The molecule has 0 aromatic carbocycles. The fourth-order valence-electron chi connectivity index (χ4n) is 3.91. The molecule has 4 unspecified atom stereocenters. The van der Waals surface area contributed by atoms with Crippen molar-refractivity contribution in [2.24, 2.45) is 5.10 Å². The summed E-state index contributed by atoms with van der Waals surface area (Å²) in [5, 5.41) is 11.3. The summed E-state index contributed by atoms with van der Waals surface area (Å²) in [6, 6.07) is -0.794. The number of piperidine rings is 1.